The molecule has 0 fully saturated rings. The van der Waals surface area contributed by atoms with Gasteiger partial charge in [-0.3, -0.25) is 4.79 Å². The van der Waals surface area contributed by atoms with E-state index in [9.17, 15) is 10.0 Å². The van der Waals surface area contributed by atoms with Crippen molar-refractivity contribution in [2.75, 3.05) is 0 Å². The predicted molar refractivity (Wildman–Crippen MR) is 27.1 cm³/mol. The van der Waals surface area contributed by atoms with E-state index < -0.39 is 0 Å². The molecule has 44 valence electrons. The van der Waals surface area contributed by atoms with Crippen LogP contribution >= 0.6 is 0 Å². The number of hydrogen-bond donors (Lipinski definition) is 1. The molecule has 0 aromatic carbocycles. The first-order chi connectivity index (χ1) is 3.79. The number of nitrogens with zero attached hydrogens (tertiary/aromatic N) is 1. The van der Waals surface area contributed by atoms with Gasteiger partial charge in [-0.05, 0) is 0 Å². The minimum Gasteiger partial charge on any atom is -0.596 e. The summed E-state index contributed by atoms with van der Waals surface area (Å²) < 4.78 is 0. The Morgan fingerprint density at radius 1 is 1.88 bits per heavy atom. The first-order valence-electron chi connectivity index (χ1n) is 2.38. The number of amides is 1. The minimum atomic E-state index is -0.206. The van der Waals surface area contributed by atoms with Crippen molar-refractivity contribution in [3.8, 4) is 0 Å². The molecular formula is C4H6N2O2. The van der Waals surface area contributed by atoms with Gasteiger partial charge in [0.15, 0.2) is 6.21 Å². The molecule has 0 saturated heterocycles. The lowest BCUT2D eigenvalue weighted by atomic mass is 10.3. The Balaban J connectivity index is 2.57. The molecule has 8 heavy (non-hydrogen) atoms. The molecule has 4 heteroatoms. The smallest absolute Gasteiger partial charge is 0.276 e. The van der Waals surface area contributed by atoms with Crippen LogP contribution < -0.4 is 5.43 Å². The average molecular weight is 114 g/mol. The summed E-state index contributed by atoms with van der Waals surface area (Å²) in [6, 6.07) is 0. The second-order valence-corrected chi connectivity index (χ2v) is 1.58. The number of hydrazone groups is 1. The van der Waals surface area contributed by atoms with E-state index in [1.54, 1.807) is 0 Å². The molecule has 0 radical (unpaired) electrons. The molecule has 0 unspecified atom stereocenters. The summed E-state index contributed by atoms with van der Waals surface area (Å²) in [5.41, 5.74) is 2.06. The number of carbonyl (C=O) groups excluding carboxylic acids is 1. The van der Waals surface area contributed by atoms with Gasteiger partial charge in [-0.1, -0.05) is 4.85 Å². The molecule has 1 rings (SSSR count). The van der Waals surface area contributed by atoms with Crippen LogP contribution in [0.1, 0.15) is 12.8 Å². The monoisotopic (exact) mass is 114 g/mol. The Labute approximate surface area is 46.4 Å². The molecule has 1 N–H and O–H groups in total. The molecule has 1 aliphatic heterocycles. The molecule has 0 bridgehead atoms. The van der Waals surface area contributed by atoms with E-state index in [0.717, 1.165) is 0 Å². The summed E-state index contributed by atoms with van der Waals surface area (Å²) in [6.45, 7) is 0. The van der Waals surface area contributed by atoms with Gasteiger partial charge >= 0.3 is 0 Å². The van der Waals surface area contributed by atoms with Crippen molar-refractivity contribution >= 4 is 12.1 Å². The van der Waals surface area contributed by atoms with Crippen molar-refractivity contribution in [1.82, 2.24) is 5.43 Å². The second-order valence-electron chi connectivity index (χ2n) is 1.58. The van der Waals surface area contributed by atoms with E-state index in [-0.39, 0.29) is 5.91 Å². The molecule has 0 saturated carbocycles. The summed E-state index contributed by atoms with van der Waals surface area (Å²) in [7, 11) is 0. The molecule has 1 amide bonds. The van der Waals surface area contributed by atoms with Crippen molar-refractivity contribution < 1.29 is 9.64 Å². The Morgan fingerprint density at radius 3 is 3.00 bits per heavy atom. The Hall–Kier alpha value is -1.06. The van der Waals surface area contributed by atoms with Gasteiger partial charge in [-0.15, -0.1) is 5.43 Å². The van der Waals surface area contributed by atoms with Crippen molar-refractivity contribution in [2.24, 2.45) is 0 Å². The maximum absolute atomic E-state index is 10.3. The van der Waals surface area contributed by atoms with E-state index in [1.807, 2.05) is 0 Å². The summed E-state index contributed by atoms with van der Waals surface area (Å²) >= 11 is 0. The van der Waals surface area contributed by atoms with E-state index in [2.05, 4.69) is 5.43 Å². The van der Waals surface area contributed by atoms with Gasteiger partial charge < -0.3 is 5.21 Å². The van der Waals surface area contributed by atoms with Gasteiger partial charge in [-0.2, -0.15) is 0 Å². The van der Waals surface area contributed by atoms with Crippen LogP contribution in [0.3, 0.4) is 0 Å². The molecule has 0 atom stereocenters. The first kappa shape index (κ1) is 5.08. The van der Waals surface area contributed by atoms with Crippen LogP contribution in [0.15, 0.2) is 0 Å². The molecule has 1 aliphatic rings. The third kappa shape index (κ3) is 0.959. The van der Waals surface area contributed by atoms with Crippen LogP contribution in [-0.4, -0.2) is 17.0 Å². The molecule has 1 heterocycles. The lowest BCUT2D eigenvalue weighted by Gasteiger charge is -2.06. The highest BCUT2D eigenvalue weighted by Gasteiger charge is 2.09. The maximum Gasteiger partial charge on any atom is 0.276 e. The van der Waals surface area contributed by atoms with Crippen molar-refractivity contribution in [2.45, 2.75) is 12.8 Å². The lowest BCUT2D eigenvalue weighted by Crippen LogP contribution is -2.35. The standard InChI is InChI=1S/C4H6N2O2/c7-4-2-1-3-6(8)5-4/h3H,1-2H2,(H,5,7). The van der Waals surface area contributed by atoms with Gasteiger partial charge in [0, 0.05) is 12.8 Å². The van der Waals surface area contributed by atoms with Crippen LogP contribution in [-0.2, 0) is 4.79 Å². The van der Waals surface area contributed by atoms with Crippen LogP contribution in [0.25, 0.3) is 0 Å². The molecule has 0 aromatic rings. The normalized spacial score (nSPS) is 19.5. The van der Waals surface area contributed by atoms with Gasteiger partial charge in [0.2, 0.25) is 0 Å². The summed E-state index contributed by atoms with van der Waals surface area (Å²) in [6.07, 6.45) is 2.37. The fourth-order valence-corrected chi connectivity index (χ4v) is 0.537. The minimum absolute atomic E-state index is 0.206. The van der Waals surface area contributed by atoms with Crippen LogP contribution in [0.2, 0.25) is 0 Å². The van der Waals surface area contributed by atoms with E-state index in [4.69, 9.17) is 0 Å². The zero-order chi connectivity index (χ0) is 5.98. The fourth-order valence-electron chi connectivity index (χ4n) is 0.537. The highest BCUT2D eigenvalue weighted by Crippen LogP contribution is 1.88. The van der Waals surface area contributed by atoms with Gasteiger partial charge in [0.05, 0.1) is 0 Å². The van der Waals surface area contributed by atoms with E-state index >= 15 is 0 Å². The third-order valence-electron chi connectivity index (χ3n) is 0.901. The Bertz CT molecular complexity index is 141. The average Bonchev–Trinajstić information content (AvgIpc) is 1.64. The Kier molecular flexibility index (Phi) is 1.15. The number of rotatable bonds is 0. The topological polar surface area (TPSA) is 55.2 Å². The van der Waals surface area contributed by atoms with Gasteiger partial charge in [0.25, 0.3) is 5.91 Å². The van der Waals surface area contributed by atoms with Crippen molar-refractivity contribution in [3.63, 3.8) is 0 Å². The van der Waals surface area contributed by atoms with Gasteiger partial charge in [0.1, 0.15) is 0 Å². The molecule has 0 spiro atoms. The molecular weight excluding hydrogens is 108 g/mol. The van der Waals surface area contributed by atoms with E-state index in [0.29, 0.717) is 17.7 Å². The third-order valence-corrected chi connectivity index (χ3v) is 0.901. The summed E-state index contributed by atoms with van der Waals surface area (Å²) in [4.78, 5) is 10.7. The number of hydrogen-bond acceptors (Lipinski definition) is 2. The van der Waals surface area contributed by atoms with Crippen LogP contribution in [0.4, 0.5) is 0 Å². The lowest BCUT2D eigenvalue weighted by molar-refractivity contribution is -0.508. The second kappa shape index (κ2) is 1.81. The maximum atomic E-state index is 10.3. The SMILES string of the molecule is O=C1CCC=[N+]([O-])N1. The quantitative estimate of drug-likeness (QED) is 0.337. The predicted octanol–water partition coefficient (Wildman–Crippen LogP) is -0.608. The van der Waals surface area contributed by atoms with Crippen LogP contribution in [0, 0.1) is 5.21 Å². The van der Waals surface area contributed by atoms with E-state index in [1.165, 1.54) is 6.21 Å². The van der Waals surface area contributed by atoms with Crippen LogP contribution in [0.5, 0.6) is 0 Å². The Morgan fingerprint density at radius 2 is 2.62 bits per heavy atom. The highest BCUT2D eigenvalue weighted by atomic mass is 16.5. The van der Waals surface area contributed by atoms with Crippen molar-refractivity contribution in [1.29, 1.82) is 0 Å². The number of hydrazine groups is 1. The first-order valence-corrected chi connectivity index (χ1v) is 2.38. The fraction of sp³-hybridized carbons (Fsp3) is 0.500. The molecule has 0 aromatic heterocycles. The largest absolute Gasteiger partial charge is 0.596 e. The zero-order valence-corrected chi connectivity index (χ0v) is 4.26. The zero-order valence-electron chi connectivity index (χ0n) is 4.26. The van der Waals surface area contributed by atoms with Gasteiger partial charge in [-0.25, -0.2) is 0 Å². The number of carbonyl (C=O) groups is 1. The summed E-state index contributed by atoms with van der Waals surface area (Å²) in [5.74, 6) is -0.206. The number of nitrogens with one attached hydrogen (secondary N) is 1. The summed E-state index contributed by atoms with van der Waals surface area (Å²) in [5, 5.41) is 10.2. The molecule has 4 nitrogen and oxygen atoms in total. The van der Waals surface area contributed by atoms with Crippen molar-refractivity contribution in [3.05, 3.63) is 5.21 Å². The highest BCUT2D eigenvalue weighted by molar-refractivity contribution is 5.79. The molecule has 0 aliphatic carbocycles.